The molecule has 0 radical (unpaired) electrons. The Morgan fingerprint density at radius 2 is 2.00 bits per heavy atom. The molecule has 0 aliphatic carbocycles. The van der Waals surface area contributed by atoms with Crippen LogP contribution in [0.15, 0.2) is 35.3 Å². The summed E-state index contributed by atoms with van der Waals surface area (Å²) in [7, 11) is 0. The highest BCUT2D eigenvalue weighted by atomic mass is 19.3. The molecule has 7 heteroatoms. The Balaban J connectivity index is 2.42. The second-order valence-electron chi connectivity index (χ2n) is 5.57. The standard InChI is InChI=1S/C17H17F2N3O2/c1-3-21-8-12-15(23)14(11-7-5-4-6-10(11)2)17(24)22(9-13(18)19)16(12)20-21/h4-8,13,23H,3,9H2,1-2H3. The van der Waals surface area contributed by atoms with E-state index in [9.17, 15) is 18.7 Å². The highest BCUT2D eigenvalue weighted by Gasteiger charge is 2.22. The van der Waals surface area contributed by atoms with E-state index in [-0.39, 0.29) is 22.3 Å². The number of nitrogens with zero attached hydrogens (tertiary/aromatic N) is 3. The SMILES string of the molecule is CCn1cc2c(O)c(-c3ccccc3C)c(=O)n(CC(F)F)c2n1. The van der Waals surface area contributed by atoms with Crippen LogP contribution in [0, 0.1) is 6.92 Å². The largest absolute Gasteiger partial charge is 0.506 e. The summed E-state index contributed by atoms with van der Waals surface area (Å²) in [5, 5.41) is 15.1. The van der Waals surface area contributed by atoms with Crippen molar-refractivity contribution in [2.45, 2.75) is 33.4 Å². The zero-order valence-electron chi connectivity index (χ0n) is 13.3. The number of halogens is 2. The van der Waals surface area contributed by atoms with E-state index < -0.39 is 18.5 Å². The smallest absolute Gasteiger partial charge is 0.264 e. The number of fused-ring (bicyclic) bond motifs is 1. The van der Waals surface area contributed by atoms with Crippen LogP contribution >= 0.6 is 0 Å². The minimum atomic E-state index is -2.70. The Bertz CT molecular complexity index is 960. The highest BCUT2D eigenvalue weighted by Crippen LogP contribution is 2.34. The van der Waals surface area contributed by atoms with E-state index >= 15 is 0 Å². The van der Waals surface area contributed by atoms with Crippen LogP contribution in [0.1, 0.15) is 12.5 Å². The van der Waals surface area contributed by atoms with Gasteiger partial charge >= 0.3 is 0 Å². The molecule has 0 aliphatic rings. The number of aromatic hydroxyl groups is 1. The first kappa shape index (κ1) is 16.2. The lowest BCUT2D eigenvalue weighted by Gasteiger charge is -2.13. The minimum absolute atomic E-state index is 0.0249. The van der Waals surface area contributed by atoms with Crippen LogP contribution in [0.4, 0.5) is 8.78 Å². The van der Waals surface area contributed by atoms with Gasteiger partial charge in [-0.3, -0.25) is 14.0 Å². The normalized spacial score (nSPS) is 11.5. The molecule has 3 aromatic rings. The summed E-state index contributed by atoms with van der Waals surface area (Å²) in [6.07, 6.45) is -1.14. The van der Waals surface area contributed by atoms with Gasteiger partial charge in [0.25, 0.3) is 12.0 Å². The Labute approximate surface area is 136 Å². The summed E-state index contributed by atoms with van der Waals surface area (Å²) < 4.78 is 28.4. The van der Waals surface area contributed by atoms with Gasteiger partial charge in [-0.2, -0.15) is 5.10 Å². The molecule has 24 heavy (non-hydrogen) atoms. The van der Waals surface area contributed by atoms with Crippen molar-refractivity contribution in [2.24, 2.45) is 0 Å². The Hall–Kier alpha value is -2.70. The molecule has 126 valence electrons. The summed E-state index contributed by atoms with van der Waals surface area (Å²) in [6.45, 7) is 3.36. The van der Waals surface area contributed by atoms with Gasteiger partial charge in [0, 0.05) is 12.7 Å². The summed E-state index contributed by atoms with van der Waals surface area (Å²) >= 11 is 0. The second kappa shape index (κ2) is 6.07. The topological polar surface area (TPSA) is 60.1 Å². The van der Waals surface area contributed by atoms with Gasteiger partial charge in [-0.1, -0.05) is 24.3 Å². The molecule has 0 saturated carbocycles. The molecule has 0 spiro atoms. The van der Waals surface area contributed by atoms with Crippen molar-refractivity contribution < 1.29 is 13.9 Å². The van der Waals surface area contributed by atoms with Crippen LogP contribution in [0.5, 0.6) is 5.75 Å². The lowest BCUT2D eigenvalue weighted by Crippen LogP contribution is -2.25. The van der Waals surface area contributed by atoms with Crippen molar-refractivity contribution in [1.82, 2.24) is 14.3 Å². The van der Waals surface area contributed by atoms with Gasteiger partial charge < -0.3 is 5.11 Å². The minimum Gasteiger partial charge on any atom is -0.506 e. The molecule has 2 aromatic heterocycles. The predicted octanol–water partition coefficient (Wildman–Crippen LogP) is 3.16. The maximum absolute atomic E-state index is 13.0. The van der Waals surface area contributed by atoms with Crippen molar-refractivity contribution in [3.63, 3.8) is 0 Å². The van der Waals surface area contributed by atoms with Gasteiger partial charge in [0.1, 0.15) is 5.75 Å². The lowest BCUT2D eigenvalue weighted by molar-refractivity contribution is 0.126. The molecule has 0 unspecified atom stereocenters. The summed E-state index contributed by atoms with van der Waals surface area (Å²) in [5.41, 5.74) is 0.717. The quantitative estimate of drug-likeness (QED) is 0.798. The molecular formula is C17H17F2N3O2. The lowest BCUT2D eigenvalue weighted by atomic mass is 10.00. The first-order valence-electron chi connectivity index (χ1n) is 7.61. The van der Waals surface area contributed by atoms with Crippen molar-refractivity contribution >= 4 is 11.0 Å². The average Bonchev–Trinajstić information content (AvgIpc) is 2.98. The number of aryl methyl sites for hydroxylation is 2. The van der Waals surface area contributed by atoms with Gasteiger partial charge in [-0.25, -0.2) is 8.78 Å². The summed E-state index contributed by atoms with van der Waals surface area (Å²) in [5.74, 6) is -0.227. The average molecular weight is 333 g/mol. The van der Waals surface area contributed by atoms with Crippen LogP contribution in [-0.4, -0.2) is 25.9 Å². The van der Waals surface area contributed by atoms with Gasteiger partial charge in [-0.05, 0) is 25.0 Å². The maximum atomic E-state index is 13.0. The molecule has 1 N–H and O–H groups in total. The fraction of sp³-hybridized carbons (Fsp3) is 0.294. The Morgan fingerprint density at radius 3 is 2.62 bits per heavy atom. The maximum Gasteiger partial charge on any atom is 0.264 e. The Morgan fingerprint density at radius 1 is 1.29 bits per heavy atom. The van der Waals surface area contributed by atoms with E-state index in [1.165, 1.54) is 4.68 Å². The van der Waals surface area contributed by atoms with Gasteiger partial charge in [-0.15, -0.1) is 0 Å². The molecule has 0 saturated heterocycles. The number of hydrogen-bond acceptors (Lipinski definition) is 3. The van der Waals surface area contributed by atoms with E-state index in [1.54, 1.807) is 37.4 Å². The third-order valence-electron chi connectivity index (χ3n) is 4.01. The van der Waals surface area contributed by atoms with Crippen molar-refractivity contribution in [3.05, 3.63) is 46.4 Å². The number of aromatic nitrogens is 3. The number of hydrogen-bond donors (Lipinski definition) is 1. The van der Waals surface area contributed by atoms with E-state index in [0.29, 0.717) is 12.1 Å². The zero-order valence-corrected chi connectivity index (χ0v) is 13.3. The third-order valence-corrected chi connectivity index (χ3v) is 4.01. The molecule has 0 atom stereocenters. The first-order chi connectivity index (χ1) is 11.4. The zero-order chi connectivity index (χ0) is 17.4. The summed E-state index contributed by atoms with van der Waals surface area (Å²) in [4.78, 5) is 12.8. The number of pyridine rings is 1. The van der Waals surface area contributed by atoms with Gasteiger partial charge in [0.15, 0.2) is 5.65 Å². The number of benzene rings is 1. The number of rotatable bonds is 4. The molecule has 3 rings (SSSR count). The van der Waals surface area contributed by atoms with E-state index in [0.717, 1.165) is 10.1 Å². The van der Waals surface area contributed by atoms with Gasteiger partial charge in [0.05, 0.1) is 17.5 Å². The van der Waals surface area contributed by atoms with Crippen molar-refractivity contribution in [1.29, 1.82) is 0 Å². The molecular weight excluding hydrogens is 316 g/mol. The fourth-order valence-corrected chi connectivity index (χ4v) is 2.81. The Kier molecular flexibility index (Phi) is 4.09. The highest BCUT2D eigenvalue weighted by molar-refractivity contribution is 5.90. The van der Waals surface area contributed by atoms with Crippen LogP contribution in [0.3, 0.4) is 0 Å². The van der Waals surface area contributed by atoms with Crippen LogP contribution < -0.4 is 5.56 Å². The molecule has 0 amide bonds. The predicted molar refractivity (Wildman–Crippen MR) is 87.5 cm³/mol. The van der Waals surface area contributed by atoms with Gasteiger partial charge in [0.2, 0.25) is 0 Å². The molecule has 1 aromatic carbocycles. The molecule has 0 bridgehead atoms. The van der Waals surface area contributed by atoms with Crippen molar-refractivity contribution in [3.8, 4) is 16.9 Å². The van der Waals surface area contributed by atoms with Crippen LogP contribution in [0.25, 0.3) is 22.2 Å². The molecule has 5 nitrogen and oxygen atoms in total. The van der Waals surface area contributed by atoms with E-state index in [2.05, 4.69) is 5.10 Å². The van der Waals surface area contributed by atoms with Crippen molar-refractivity contribution in [2.75, 3.05) is 0 Å². The second-order valence-corrected chi connectivity index (χ2v) is 5.57. The molecule has 2 heterocycles. The monoisotopic (exact) mass is 333 g/mol. The van der Waals surface area contributed by atoms with Crippen LogP contribution in [0.2, 0.25) is 0 Å². The first-order valence-corrected chi connectivity index (χ1v) is 7.61. The number of alkyl halides is 2. The molecule has 0 aliphatic heterocycles. The summed E-state index contributed by atoms with van der Waals surface area (Å²) in [6, 6.07) is 7.03. The fourth-order valence-electron chi connectivity index (χ4n) is 2.81. The molecule has 0 fully saturated rings. The third kappa shape index (κ3) is 2.55. The van der Waals surface area contributed by atoms with E-state index in [4.69, 9.17) is 0 Å². The van der Waals surface area contributed by atoms with Crippen LogP contribution in [-0.2, 0) is 13.1 Å². The van der Waals surface area contributed by atoms with E-state index in [1.807, 2.05) is 6.92 Å².